The summed E-state index contributed by atoms with van der Waals surface area (Å²) in [5, 5.41) is 16.7. The minimum absolute atomic E-state index is 0.0220. The number of benzene rings is 1. The van der Waals surface area contributed by atoms with E-state index in [0.29, 0.717) is 17.2 Å². The van der Waals surface area contributed by atoms with Crippen LogP contribution in [0.1, 0.15) is 41.1 Å². The number of carbonyl (C=O) groups excluding carboxylic acids is 1. The molecule has 1 unspecified atom stereocenters. The molecule has 0 amide bonds. The molecule has 4 rings (SSSR count). The second kappa shape index (κ2) is 6.93. The summed E-state index contributed by atoms with van der Waals surface area (Å²) in [7, 11) is 1.56. The molecule has 144 valence electrons. The van der Waals surface area contributed by atoms with Gasteiger partial charge in [0.15, 0.2) is 0 Å². The number of ether oxygens (including phenoxy) is 3. The van der Waals surface area contributed by atoms with Gasteiger partial charge < -0.3 is 19.9 Å². The highest BCUT2D eigenvalue weighted by Crippen LogP contribution is 2.43. The monoisotopic (exact) mass is 380 g/mol. The SMILES string of the molecule is COc1ccc(C2C(C#N)=C(N)Oc3n[nH]c(C)c32)cc1COC(=O)C1CC1. The number of aromatic nitrogens is 2. The number of hydrogen-bond acceptors (Lipinski definition) is 7. The number of methoxy groups -OCH3 is 1. The zero-order valence-electron chi connectivity index (χ0n) is 15.6. The molecule has 1 aromatic carbocycles. The number of H-pyrrole nitrogens is 1. The van der Waals surface area contributed by atoms with Crippen molar-refractivity contribution < 1.29 is 19.0 Å². The molecule has 1 fully saturated rings. The third kappa shape index (κ3) is 3.05. The maximum absolute atomic E-state index is 11.9. The third-order valence-corrected chi connectivity index (χ3v) is 5.05. The number of nitrogens with one attached hydrogen (secondary N) is 1. The average Bonchev–Trinajstić information content (AvgIpc) is 3.49. The van der Waals surface area contributed by atoms with Gasteiger partial charge in [-0.05, 0) is 37.5 Å². The van der Waals surface area contributed by atoms with Gasteiger partial charge in [-0.15, -0.1) is 5.10 Å². The molecule has 2 heterocycles. The van der Waals surface area contributed by atoms with Crippen molar-refractivity contribution in [3.05, 3.63) is 52.0 Å². The highest BCUT2D eigenvalue weighted by atomic mass is 16.5. The highest BCUT2D eigenvalue weighted by Gasteiger charge is 2.35. The van der Waals surface area contributed by atoms with E-state index < -0.39 is 5.92 Å². The Morgan fingerprint density at radius 1 is 1.46 bits per heavy atom. The van der Waals surface area contributed by atoms with E-state index in [4.69, 9.17) is 19.9 Å². The molecule has 1 atom stereocenters. The van der Waals surface area contributed by atoms with Crippen LogP contribution >= 0.6 is 0 Å². The topological polar surface area (TPSA) is 123 Å². The van der Waals surface area contributed by atoms with Crippen molar-refractivity contribution in [2.45, 2.75) is 32.3 Å². The maximum atomic E-state index is 11.9. The van der Waals surface area contributed by atoms with Crippen molar-refractivity contribution in [3.63, 3.8) is 0 Å². The van der Waals surface area contributed by atoms with E-state index in [1.807, 2.05) is 19.1 Å². The first-order valence-electron chi connectivity index (χ1n) is 8.99. The number of nitriles is 1. The maximum Gasteiger partial charge on any atom is 0.309 e. The van der Waals surface area contributed by atoms with Gasteiger partial charge in [-0.25, -0.2) is 0 Å². The van der Waals surface area contributed by atoms with Crippen LogP contribution in [0.5, 0.6) is 11.6 Å². The fraction of sp³-hybridized carbons (Fsp3) is 0.350. The zero-order valence-corrected chi connectivity index (χ0v) is 15.6. The summed E-state index contributed by atoms with van der Waals surface area (Å²) in [4.78, 5) is 11.9. The molecule has 8 nitrogen and oxygen atoms in total. The van der Waals surface area contributed by atoms with Crippen LogP contribution in [0.15, 0.2) is 29.7 Å². The third-order valence-electron chi connectivity index (χ3n) is 5.05. The molecule has 1 aliphatic carbocycles. The standard InChI is InChI=1S/C20H20N4O4/c1-10-16-17(14(8-21)18(22)28-19(16)24-23-10)12-5-6-15(26-2)13(7-12)9-27-20(25)11-3-4-11/h5-7,11,17H,3-4,9,22H2,1-2H3,(H,23,24). The van der Waals surface area contributed by atoms with Gasteiger partial charge in [0.2, 0.25) is 11.8 Å². The van der Waals surface area contributed by atoms with Crippen LogP contribution in [0.2, 0.25) is 0 Å². The molecule has 0 radical (unpaired) electrons. The number of aromatic amines is 1. The molecule has 2 aromatic rings. The van der Waals surface area contributed by atoms with Gasteiger partial charge in [0.1, 0.15) is 24.0 Å². The Morgan fingerprint density at radius 3 is 2.93 bits per heavy atom. The summed E-state index contributed by atoms with van der Waals surface area (Å²) < 4.78 is 16.3. The minimum atomic E-state index is -0.434. The molecular weight excluding hydrogens is 360 g/mol. The zero-order chi connectivity index (χ0) is 19.8. The Bertz CT molecular complexity index is 1010. The second-order valence-corrected chi connectivity index (χ2v) is 6.95. The van der Waals surface area contributed by atoms with Crippen molar-refractivity contribution in [3.8, 4) is 17.7 Å². The Balaban J connectivity index is 1.73. The Kier molecular flexibility index (Phi) is 4.43. The molecule has 1 aliphatic heterocycles. The van der Waals surface area contributed by atoms with Crippen LogP contribution in [0.25, 0.3) is 0 Å². The van der Waals surface area contributed by atoms with Crippen LogP contribution in [0.3, 0.4) is 0 Å². The van der Waals surface area contributed by atoms with Gasteiger partial charge in [-0.1, -0.05) is 6.07 Å². The average molecular weight is 380 g/mol. The van der Waals surface area contributed by atoms with E-state index in [2.05, 4.69) is 16.3 Å². The number of allylic oxidation sites excluding steroid dienone is 1. The molecule has 1 aromatic heterocycles. The van der Waals surface area contributed by atoms with Gasteiger partial charge in [0.05, 0.1) is 18.9 Å². The summed E-state index contributed by atoms with van der Waals surface area (Å²) in [6.45, 7) is 1.97. The van der Waals surface area contributed by atoms with E-state index in [1.54, 1.807) is 13.2 Å². The fourth-order valence-electron chi connectivity index (χ4n) is 3.41. The first kappa shape index (κ1) is 17.9. The molecular formula is C20H20N4O4. The Hall–Kier alpha value is -3.47. The largest absolute Gasteiger partial charge is 0.496 e. The van der Waals surface area contributed by atoms with Gasteiger partial charge in [-0.2, -0.15) is 5.26 Å². The normalized spacial score (nSPS) is 18.1. The van der Waals surface area contributed by atoms with E-state index in [-0.39, 0.29) is 24.4 Å². The molecule has 0 saturated heterocycles. The predicted molar refractivity (Wildman–Crippen MR) is 98.1 cm³/mol. The van der Waals surface area contributed by atoms with Crippen molar-refractivity contribution in [2.75, 3.05) is 7.11 Å². The molecule has 0 bridgehead atoms. The highest BCUT2D eigenvalue weighted by molar-refractivity contribution is 5.75. The number of fused-ring (bicyclic) bond motifs is 1. The van der Waals surface area contributed by atoms with E-state index in [9.17, 15) is 10.1 Å². The quantitative estimate of drug-likeness (QED) is 0.763. The van der Waals surface area contributed by atoms with Crippen LogP contribution in [-0.4, -0.2) is 23.3 Å². The van der Waals surface area contributed by atoms with Crippen LogP contribution in [0, 0.1) is 24.2 Å². The lowest BCUT2D eigenvalue weighted by molar-refractivity contribution is -0.146. The molecule has 0 spiro atoms. The number of hydrogen-bond donors (Lipinski definition) is 2. The van der Waals surface area contributed by atoms with E-state index >= 15 is 0 Å². The van der Waals surface area contributed by atoms with Crippen molar-refractivity contribution in [1.82, 2.24) is 10.2 Å². The first-order valence-corrected chi connectivity index (χ1v) is 8.99. The van der Waals surface area contributed by atoms with Crippen LogP contribution in [0.4, 0.5) is 0 Å². The van der Waals surface area contributed by atoms with Gasteiger partial charge in [0.25, 0.3) is 0 Å². The Morgan fingerprint density at radius 2 is 2.25 bits per heavy atom. The minimum Gasteiger partial charge on any atom is -0.496 e. The molecule has 8 heteroatoms. The number of carbonyl (C=O) groups is 1. The lowest BCUT2D eigenvalue weighted by Crippen LogP contribution is -2.21. The van der Waals surface area contributed by atoms with Gasteiger partial charge >= 0.3 is 5.97 Å². The lowest BCUT2D eigenvalue weighted by Gasteiger charge is -2.24. The Labute approximate surface area is 161 Å². The molecule has 28 heavy (non-hydrogen) atoms. The molecule has 3 N–H and O–H groups in total. The lowest BCUT2D eigenvalue weighted by atomic mass is 9.83. The fourth-order valence-corrected chi connectivity index (χ4v) is 3.41. The molecule has 2 aliphatic rings. The number of nitrogens with zero attached hydrogens (tertiary/aromatic N) is 2. The van der Waals surface area contributed by atoms with Gasteiger partial charge in [-0.3, -0.25) is 9.89 Å². The summed E-state index contributed by atoms with van der Waals surface area (Å²) in [6, 6.07) is 7.68. The number of aryl methyl sites for hydroxylation is 1. The van der Waals surface area contributed by atoms with E-state index in [1.165, 1.54) is 0 Å². The second-order valence-electron chi connectivity index (χ2n) is 6.95. The smallest absolute Gasteiger partial charge is 0.309 e. The number of nitrogens with two attached hydrogens (primary N) is 1. The number of esters is 1. The first-order chi connectivity index (χ1) is 13.5. The van der Waals surface area contributed by atoms with Gasteiger partial charge in [0, 0.05) is 16.8 Å². The predicted octanol–water partition coefficient (Wildman–Crippen LogP) is 2.40. The summed E-state index contributed by atoms with van der Waals surface area (Å²) in [5.74, 6) is 0.401. The van der Waals surface area contributed by atoms with E-state index in [0.717, 1.165) is 35.2 Å². The summed E-state index contributed by atoms with van der Waals surface area (Å²) in [5.41, 5.74) is 9.35. The van der Waals surface area contributed by atoms with Crippen LogP contribution in [-0.2, 0) is 16.1 Å². The number of rotatable bonds is 5. The van der Waals surface area contributed by atoms with Crippen molar-refractivity contribution in [1.29, 1.82) is 5.26 Å². The van der Waals surface area contributed by atoms with Crippen LogP contribution < -0.4 is 15.2 Å². The molecule has 1 saturated carbocycles. The van der Waals surface area contributed by atoms with Crippen molar-refractivity contribution in [2.24, 2.45) is 11.7 Å². The summed E-state index contributed by atoms with van der Waals surface area (Å²) >= 11 is 0. The summed E-state index contributed by atoms with van der Waals surface area (Å²) in [6.07, 6.45) is 1.77. The van der Waals surface area contributed by atoms with Crippen molar-refractivity contribution >= 4 is 5.97 Å².